The van der Waals surface area contributed by atoms with E-state index in [-0.39, 0.29) is 17.9 Å². The number of H-pyrrole nitrogens is 2. The second-order valence-corrected chi connectivity index (χ2v) is 10.6. The summed E-state index contributed by atoms with van der Waals surface area (Å²) in [5.41, 5.74) is 2.05. The van der Waals surface area contributed by atoms with Crippen LogP contribution in [0.25, 0.3) is 10.9 Å². The van der Waals surface area contributed by atoms with Crippen LogP contribution in [-0.2, 0) is 17.8 Å². The molecular weight excluding hydrogens is 538 g/mol. The van der Waals surface area contributed by atoms with Gasteiger partial charge in [0.1, 0.15) is 23.1 Å². The van der Waals surface area contributed by atoms with Crippen molar-refractivity contribution in [3.05, 3.63) is 52.2 Å². The molecule has 5 heterocycles. The lowest BCUT2D eigenvalue weighted by Crippen LogP contribution is -2.49. The number of piperidine rings is 1. The lowest BCUT2D eigenvalue weighted by molar-refractivity contribution is -0.130. The summed E-state index contributed by atoms with van der Waals surface area (Å²) in [5, 5.41) is 33.2. The molecule has 0 bridgehead atoms. The fourth-order valence-electron chi connectivity index (χ4n) is 5.52. The van der Waals surface area contributed by atoms with Gasteiger partial charge < -0.3 is 15.1 Å². The van der Waals surface area contributed by atoms with Crippen molar-refractivity contribution in [2.24, 2.45) is 5.92 Å². The van der Waals surface area contributed by atoms with Crippen molar-refractivity contribution in [3.63, 3.8) is 0 Å². The molecule has 4 aromatic rings. The lowest BCUT2D eigenvalue weighted by atomic mass is 9.93. The van der Waals surface area contributed by atoms with Gasteiger partial charge in [0.05, 0.1) is 12.3 Å². The normalized spacial score (nSPS) is 16.5. The van der Waals surface area contributed by atoms with Crippen LogP contribution in [0.4, 0.5) is 17.5 Å². The SMILES string of the molecule is N#CCC(=O)N1CCN(c2nc(Nc3ccc(CN4CCC(Cc5nn[nH]n5)CC4)cc3)c3c(=O)[nH]ncc3n2)CC1. The number of hydrogen-bond acceptors (Lipinski definition) is 12. The minimum absolute atomic E-state index is 0.130. The smallest absolute Gasteiger partial charge is 0.277 e. The Morgan fingerprint density at radius 2 is 1.86 bits per heavy atom. The number of nitrogens with zero attached hydrogens (tertiary/aromatic N) is 10. The highest BCUT2D eigenvalue weighted by Crippen LogP contribution is 2.26. The van der Waals surface area contributed by atoms with Crippen molar-refractivity contribution >= 4 is 34.3 Å². The van der Waals surface area contributed by atoms with Gasteiger partial charge in [-0.15, -0.1) is 10.2 Å². The first kappa shape index (κ1) is 27.2. The second-order valence-electron chi connectivity index (χ2n) is 10.6. The van der Waals surface area contributed by atoms with Gasteiger partial charge in [-0.05, 0) is 49.5 Å². The quantitative estimate of drug-likeness (QED) is 0.273. The van der Waals surface area contributed by atoms with Crippen LogP contribution in [0.15, 0.2) is 35.3 Å². The van der Waals surface area contributed by atoms with E-state index in [0.717, 1.165) is 50.4 Å². The van der Waals surface area contributed by atoms with E-state index in [4.69, 9.17) is 10.2 Å². The van der Waals surface area contributed by atoms with Crippen LogP contribution in [0.2, 0.25) is 0 Å². The molecule has 15 heteroatoms. The summed E-state index contributed by atoms with van der Waals surface area (Å²) in [4.78, 5) is 40.2. The number of aromatic nitrogens is 8. The van der Waals surface area contributed by atoms with Crippen LogP contribution < -0.4 is 15.8 Å². The van der Waals surface area contributed by atoms with Crippen LogP contribution in [-0.4, -0.2) is 95.8 Å². The van der Waals surface area contributed by atoms with Gasteiger partial charge in [0.15, 0.2) is 5.82 Å². The molecule has 3 aromatic heterocycles. The Morgan fingerprint density at radius 3 is 2.57 bits per heavy atom. The van der Waals surface area contributed by atoms with E-state index in [9.17, 15) is 9.59 Å². The standard InChI is InChI=1S/C27H31N13O2/c28-8-5-23(41)39-11-13-40(14-12-39)27-31-21-16-29-35-26(42)24(21)25(32-27)30-20-3-1-19(2-4-20)17-38-9-6-18(7-10-38)15-22-33-36-37-34-22/h1-4,16,18H,5-7,9-15,17H2,(H,35,42)(H,30,31,32)(H,33,34,36,37). The Labute approximate surface area is 240 Å². The van der Waals surface area contributed by atoms with Gasteiger partial charge in [0, 0.05) is 44.8 Å². The van der Waals surface area contributed by atoms with E-state index in [2.05, 4.69) is 58.2 Å². The Kier molecular flexibility index (Phi) is 7.95. The maximum Gasteiger partial charge on any atom is 0.277 e. The van der Waals surface area contributed by atoms with Gasteiger partial charge in [-0.1, -0.05) is 17.3 Å². The van der Waals surface area contributed by atoms with Gasteiger partial charge in [-0.25, -0.2) is 10.1 Å². The van der Waals surface area contributed by atoms with Crippen molar-refractivity contribution in [2.75, 3.05) is 49.5 Å². The number of likely N-dealkylation sites (tertiary alicyclic amines) is 1. The van der Waals surface area contributed by atoms with Crippen molar-refractivity contribution in [2.45, 2.75) is 32.2 Å². The predicted octanol–water partition coefficient (Wildman–Crippen LogP) is 0.987. The molecule has 6 rings (SSSR count). The van der Waals surface area contributed by atoms with Crippen LogP contribution in [0, 0.1) is 17.2 Å². The van der Waals surface area contributed by atoms with Crippen LogP contribution in [0.1, 0.15) is 30.7 Å². The molecule has 2 aliphatic rings. The van der Waals surface area contributed by atoms with E-state index in [1.54, 1.807) is 4.90 Å². The molecule has 0 spiro atoms. The summed E-state index contributed by atoms with van der Waals surface area (Å²) in [6.07, 6.45) is 4.45. The molecule has 3 N–H and O–H groups in total. The molecule has 2 fully saturated rings. The first-order valence-electron chi connectivity index (χ1n) is 14.0. The summed E-state index contributed by atoms with van der Waals surface area (Å²) in [6, 6.07) is 10.1. The number of carbonyl (C=O) groups is 1. The van der Waals surface area contributed by atoms with Gasteiger partial charge >= 0.3 is 0 Å². The Balaban J connectivity index is 1.12. The fourth-order valence-corrected chi connectivity index (χ4v) is 5.52. The first-order chi connectivity index (χ1) is 20.6. The van der Waals surface area contributed by atoms with Crippen molar-refractivity contribution in [3.8, 4) is 6.07 Å². The van der Waals surface area contributed by atoms with E-state index < -0.39 is 0 Å². The minimum atomic E-state index is -0.382. The van der Waals surface area contributed by atoms with Gasteiger partial charge in [0.2, 0.25) is 11.9 Å². The van der Waals surface area contributed by atoms with Gasteiger partial charge in [0.25, 0.3) is 5.56 Å². The minimum Gasteiger partial charge on any atom is -0.339 e. The molecule has 2 aliphatic heterocycles. The number of piperazine rings is 1. The molecule has 216 valence electrons. The zero-order valence-electron chi connectivity index (χ0n) is 23.0. The van der Waals surface area contributed by atoms with Crippen LogP contribution >= 0.6 is 0 Å². The van der Waals surface area contributed by atoms with Crippen LogP contribution in [0.3, 0.4) is 0 Å². The van der Waals surface area contributed by atoms with Gasteiger partial charge in [-0.3, -0.25) is 14.5 Å². The van der Waals surface area contributed by atoms with Crippen LogP contribution in [0.5, 0.6) is 0 Å². The van der Waals surface area contributed by atoms with Crippen molar-refractivity contribution in [1.82, 2.24) is 50.6 Å². The molecule has 1 aromatic carbocycles. The second kappa shape index (κ2) is 12.3. The number of anilines is 3. The predicted molar refractivity (Wildman–Crippen MR) is 153 cm³/mol. The molecule has 42 heavy (non-hydrogen) atoms. The summed E-state index contributed by atoms with van der Waals surface area (Å²) >= 11 is 0. The largest absolute Gasteiger partial charge is 0.339 e. The van der Waals surface area contributed by atoms with E-state index >= 15 is 0 Å². The van der Waals surface area contributed by atoms with E-state index in [0.29, 0.717) is 54.8 Å². The third-order valence-electron chi connectivity index (χ3n) is 7.84. The first-order valence-corrected chi connectivity index (χ1v) is 14.0. The Bertz CT molecular complexity index is 1610. The molecule has 0 atom stereocenters. The third-order valence-corrected chi connectivity index (χ3v) is 7.84. The number of nitrogens with one attached hydrogen (secondary N) is 3. The molecule has 15 nitrogen and oxygen atoms in total. The summed E-state index contributed by atoms with van der Waals surface area (Å²) in [6.45, 7) is 4.88. The average Bonchev–Trinajstić information content (AvgIpc) is 3.52. The number of fused-ring (bicyclic) bond motifs is 1. The molecule has 0 aliphatic carbocycles. The van der Waals surface area contributed by atoms with Crippen molar-refractivity contribution in [1.29, 1.82) is 5.26 Å². The monoisotopic (exact) mass is 569 g/mol. The Morgan fingerprint density at radius 1 is 1.07 bits per heavy atom. The highest BCUT2D eigenvalue weighted by Gasteiger charge is 2.24. The topological polar surface area (TPSA) is 189 Å². The van der Waals surface area contributed by atoms with Gasteiger partial charge in [-0.2, -0.15) is 20.6 Å². The number of aromatic amines is 2. The number of tetrazole rings is 1. The number of carbonyl (C=O) groups excluding carboxylic acids is 1. The summed E-state index contributed by atoms with van der Waals surface area (Å²) in [7, 11) is 0. The molecule has 0 unspecified atom stereocenters. The maximum absolute atomic E-state index is 12.7. The number of benzene rings is 1. The number of hydrogen-bond donors (Lipinski definition) is 3. The maximum atomic E-state index is 12.7. The fraction of sp³-hybridized carbons (Fsp3) is 0.444. The molecule has 0 radical (unpaired) electrons. The highest BCUT2D eigenvalue weighted by atomic mass is 16.2. The number of rotatable bonds is 8. The lowest BCUT2D eigenvalue weighted by Gasteiger charge is -2.34. The number of amides is 1. The molecular formula is C27H31N13O2. The van der Waals surface area contributed by atoms with E-state index in [1.165, 1.54) is 11.8 Å². The molecule has 1 amide bonds. The third kappa shape index (κ3) is 6.18. The zero-order chi connectivity index (χ0) is 28.9. The molecule has 0 saturated carbocycles. The van der Waals surface area contributed by atoms with E-state index in [1.807, 2.05) is 23.1 Å². The summed E-state index contributed by atoms with van der Waals surface area (Å²) < 4.78 is 0. The molecule has 2 saturated heterocycles. The highest BCUT2D eigenvalue weighted by molar-refractivity contribution is 5.90. The Hall–Kier alpha value is -4.97. The number of nitriles is 1. The average molecular weight is 570 g/mol. The zero-order valence-corrected chi connectivity index (χ0v) is 23.0. The summed E-state index contributed by atoms with van der Waals surface area (Å²) in [5.74, 6) is 2.01. The van der Waals surface area contributed by atoms with Crippen molar-refractivity contribution < 1.29 is 4.79 Å².